The molecule has 0 spiro atoms. The summed E-state index contributed by atoms with van der Waals surface area (Å²) < 4.78 is 2.10. The van der Waals surface area contributed by atoms with E-state index in [2.05, 4.69) is 0 Å². The summed E-state index contributed by atoms with van der Waals surface area (Å²) in [5.41, 5.74) is 1.20. The number of aromatic nitrogens is 1. The monoisotopic (exact) mass is 542 g/mol. The van der Waals surface area contributed by atoms with Crippen LogP contribution in [0.4, 0.5) is 5.69 Å². The zero-order chi connectivity index (χ0) is 25.3. The van der Waals surface area contributed by atoms with Crippen molar-refractivity contribution in [1.82, 2.24) is 4.57 Å². The number of aromatic carboxylic acids is 2. The van der Waals surface area contributed by atoms with Gasteiger partial charge in [-0.05, 0) is 72.9 Å². The van der Waals surface area contributed by atoms with Crippen molar-refractivity contribution < 1.29 is 29.7 Å². The number of thioether (sulfide) groups is 1. The van der Waals surface area contributed by atoms with Crippen molar-refractivity contribution in [2.45, 2.75) is 0 Å². The van der Waals surface area contributed by atoms with Crippen molar-refractivity contribution in [3.63, 3.8) is 0 Å². The molecular formula is C23H14N2O6S4. The van der Waals surface area contributed by atoms with Gasteiger partial charge in [0.05, 0.1) is 32.3 Å². The van der Waals surface area contributed by atoms with E-state index in [0.717, 1.165) is 23.1 Å². The zero-order valence-corrected chi connectivity index (χ0v) is 20.7. The second-order valence-electron chi connectivity index (χ2n) is 6.99. The molecule has 1 aliphatic heterocycles. The fourth-order valence-corrected chi connectivity index (χ4v) is 5.66. The number of amides is 1. The van der Waals surface area contributed by atoms with Crippen molar-refractivity contribution in [3.05, 3.63) is 85.5 Å². The quantitative estimate of drug-likeness (QED) is 0.280. The van der Waals surface area contributed by atoms with Crippen LogP contribution in [-0.4, -0.2) is 42.1 Å². The standard InChI is InChI=1S/C23H14N2O6S4/c26-18-16(34-22(32)24(18)14-8-4-12(5-9-14)20(28)29)2-1-3-17-19(27)25(23(33)35-17)15-10-6-13(7-11-15)21(30)31/h1-11,26H,(H,28,29)(H,30,31)/b2-1+,17-3-. The molecule has 8 nitrogen and oxygen atoms in total. The smallest absolute Gasteiger partial charge is 0.335 e. The molecule has 1 saturated heterocycles. The molecule has 0 atom stereocenters. The Labute approximate surface area is 217 Å². The second-order valence-corrected chi connectivity index (χ2v) is 10.3. The molecule has 176 valence electrons. The summed E-state index contributed by atoms with van der Waals surface area (Å²) in [7, 11) is 0. The first-order valence-corrected chi connectivity index (χ1v) is 12.2. The third kappa shape index (κ3) is 4.95. The minimum absolute atomic E-state index is 0.101. The van der Waals surface area contributed by atoms with Gasteiger partial charge in [0, 0.05) is 0 Å². The molecule has 1 aliphatic rings. The molecule has 2 aromatic carbocycles. The molecule has 1 amide bonds. The molecule has 0 saturated carbocycles. The number of anilines is 1. The van der Waals surface area contributed by atoms with Crippen LogP contribution >= 0.6 is 47.5 Å². The van der Waals surface area contributed by atoms with Crippen LogP contribution in [0.5, 0.6) is 5.88 Å². The van der Waals surface area contributed by atoms with Gasteiger partial charge in [-0.2, -0.15) is 0 Å². The molecular weight excluding hydrogens is 529 g/mol. The Morgan fingerprint density at radius 3 is 1.97 bits per heavy atom. The lowest BCUT2D eigenvalue weighted by atomic mass is 10.2. The molecule has 0 radical (unpaired) electrons. The van der Waals surface area contributed by atoms with Crippen molar-refractivity contribution >= 4 is 81.5 Å². The van der Waals surface area contributed by atoms with E-state index in [0.29, 0.717) is 29.4 Å². The van der Waals surface area contributed by atoms with Gasteiger partial charge in [0.2, 0.25) is 5.88 Å². The van der Waals surface area contributed by atoms with Crippen molar-refractivity contribution in [3.8, 4) is 11.6 Å². The SMILES string of the molecule is O=C(O)c1ccc(N2C(=O)/C(=C/C=C/c3sc(=S)n(-c4ccc(C(=O)O)cc4)c3O)SC2=S)cc1. The fourth-order valence-electron chi connectivity index (χ4n) is 3.15. The highest BCUT2D eigenvalue weighted by Gasteiger charge is 2.33. The Hall–Kier alpha value is -3.58. The first-order chi connectivity index (χ1) is 16.7. The number of allylic oxidation sites excluding steroid dienone is 2. The van der Waals surface area contributed by atoms with E-state index in [9.17, 15) is 19.5 Å². The molecule has 3 N–H and O–H groups in total. The number of aromatic hydroxyl groups is 1. The highest BCUT2D eigenvalue weighted by atomic mass is 32.2. The molecule has 3 aromatic rings. The number of hydrogen-bond donors (Lipinski definition) is 3. The first kappa shape index (κ1) is 24.5. The number of carboxylic acid groups (broad SMARTS) is 2. The minimum Gasteiger partial charge on any atom is -0.493 e. The summed E-state index contributed by atoms with van der Waals surface area (Å²) in [6, 6.07) is 11.8. The number of carboxylic acids is 2. The number of thiocarbonyl (C=S) groups is 1. The van der Waals surface area contributed by atoms with Gasteiger partial charge in [0.25, 0.3) is 5.91 Å². The summed E-state index contributed by atoms with van der Waals surface area (Å²) in [5, 5.41) is 28.7. The Morgan fingerprint density at radius 2 is 1.43 bits per heavy atom. The van der Waals surface area contributed by atoms with Crippen LogP contribution in [-0.2, 0) is 4.79 Å². The van der Waals surface area contributed by atoms with Crippen LogP contribution in [0.25, 0.3) is 11.8 Å². The van der Waals surface area contributed by atoms with E-state index >= 15 is 0 Å². The van der Waals surface area contributed by atoms with Crippen LogP contribution in [0.1, 0.15) is 25.6 Å². The third-order valence-electron chi connectivity index (χ3n) is 4.85. The van der Waals surface area contributed by atoms with Gasteiger partial charge in [-0.25, -0.2) is 9.59 Å². The Balaban J connectivity index is 1.55. The summed E-state index contributed by atoms with van der Waals surface area (Å²) in [6.07, 6.45) is 4.77. The van der Waals surface area contributed by atoms with E-state index in [4.69, 9.17) is 34.6 Å². The average molecular weight is 543 g/mol. The second kappa shape index (κ2) is 9.96. The lowest BCUT2D eigenvalue weighted by Crippen LogP contribution is -2.27. The van der Waals surface area contributed by atoms with Gasteiger partial charge >= 0.3 is 11.9 Å². The molecule has 1 aromatic heterocycles. The van der Waals surface area contributed by atoms with Gasteiger partial charge in [-0.15, -0.1) is 11.3 Å². The van der Waals surface area contributed by atoms with Gasteiger partial charge in [-0.1, -0.05) is 30.1 Å². The van der Waals surface area contributed by atoms with Crippen LogP contribution in [0.15, 0.2) is 65.6 Å². The van der Waals surface area contributed by atoms with E-state index in [1.807, 2.05) is 0 Å². The van der Waals surface area contributed by atoms with E-state index < -0.39 is 11.9 Å². The van der Waals surface area contributed by atoms with Crippen LogP contribution in [0.3, 0.4) is 0 Å². The lowest BCUT2D eigenvalue weighted by Gasteiger charge is -2.14. The zero-order valence-electron chi connectivity index (χ0n) is 17.4. The molecule has 0 bridgehead atoms. The largest absolute Gasteiger partial charge is 0.493 e. The van der Waals surface area contributed by atoms with Crippen molar-refractivity contribution in [1.29, 1.82) is 0 Å². The fraction of sp³-hybridized carbons (Fsp3) is 0. The van der Waals surface area contributed by atoms with E-state index in [1.54, 1.807) is 30.4 Å². The maximum Gasteiger partial charge on any atom is 0.335 e. The maximum atomic E-state index is 12.9. The maximum absolute atomic E-state index is 12.9. The number of carbonyl (C=O) groups excluding carboxylic acids is 1. The predicted molar refractivity (Wildman–Crippen MR) is 141 cm³/mol. The van der Waals surface area contributed by atoms with Gasteiger partial charge in [-0.3, -0.25) is 14.3 Å². The molecule has 4 rings (SSSR count). The van der Waals surface area contributed by atoms with Gasteiger partial charge in [0.15, 0.2) is 8.27 Å². The average Bonchev–Trinajstić information content (AvgIpc) is 3.27. The molecule has 0 aliphatic carbocycles. The van der Waals surface area contributed by atoms with Crippen LogP contribution in [0, 0.1) is 3.95 Å². The number of benzene rings is 2. The molecule has 12 heteroatoms. The predicted octanol–water partition coefficient (Wildman–Crippen LogP) is 5.33. The molecule has 1 fully saturated rings. The van der Waals surface area contributed by atoms with Crippen LogP contribution in [0.2, 0.25) is 0 Å². The van der Waals surface area contributed by atoms with Crippen LogP contribution < -0.4 is 4.90 Å². The first-order valence-electron chi connectivity index (χ1n) is 9.74. The number of nitrogens with zero attached hydrogens (tertiary/aromatic N) is 2. The number of carbonyl (C=O) groups is 3. The summed E-state index contributed by atoms with van der Waals surface area (Å²) in [4.78, 5) is 37.1. The number of rotatable bonds is 6. The Kier molecular flexibility index (Phi) is 6.98. The van der Waals surface area contributed by atoms with Crippen molar-refractivity contribution in [2.75, 3.05) is 4.90 Å². The molecule has 35 heavy (non-hydrogen) atoms. The number of hydrogen-bond acceptors (Lipinski definition) is 8. The van der Waals surface area contributed by atoms with Crippen molar-refractivity contribution in [2.24, 2.45) is 0 Å². The lowest BCUT2D eigenvalue weighted by molar-refractivity contribution is -0.113. The highest BCUT2D eigenvalue weighted by molar-refractivity contribution is 8.27. The summed E-state index contributed by atoms with van der Waals surface area (Å²) >= 11 is 12.9. The Morgan fingerprint density at radius 1 is 0.886 bits per heavy atom. The topological polar surface area (TPSA) is 120 Å². The van der Waals surface area contributed by atoms with E-state index in [1.165, 1.54) is 45.9 Å². The summed E-state index contributed by atoms with van der Waals surface area (Å²) in [6.45, 7) is 0. The number of thiazole rings is 1. The highest BCUT2D eigenvalue weighted by Crippen LogP contribution is 2.35. The molecule has 2 heterocycles. The minimum atomic E-state index is -1.07. The van der Waals surface area contributed by atoms with E-state index in [-0.39, 0.29) is 22.9 Å². The Bertz CT molecular complexity index is 1480. The molecule has 0 unspecified atom stereocenters. The van der Waals surface area contributed by atoms with Gasteiger partial charge < -0.3 is 15.3 Å². The third-order valence-corrected chi connectivity index (χ3v) is 7.49. The summed E-state index contributed by atoms with van der Waals surface area (Å²) in [5.74, 6) is -2.58. The van der Waals surface area contributed by atoms with Gasteiger partial charge in [0.1, 0.15) is 0 Å². The normalized spacial score (nSPS) is 14.9.